The summed E-state index contributed by atoms with van der Waals surface area (Å²) in [4.78, 5) is 23.9. The molecule has 0 radical (unpaired) electrons. The van der Waals surface area contributed by atoms with Crippen molar-refractivity contribution in [2.45, 2.75) is 13.0 Å². The molecule has 78 valence electrons. The molecule has 3 heteroatoms. The van der Waals surface area contributed by atoms with E-state index in [0.717, 1.165) is 11.8 Å². The molecule has 1 aromatic rings. The lowest BCUT2D eigenvalue weighted by molar-refractivity contribution is -0.133. The van der Waals surface area contributed by atoms with Crippen LogP contribution in [0.3, 0.4) is 0 Å². The second kappa shape index (κ2) is 4.26. The molecule has 1 aliphatic rings. The number of aldehydes is 1. The van der Waals surface area contributed by atoms with Crippen molar-refractivity contribution < 1.29 is 9.59 Å². The number of likely N-dealkylation sites (tertiary alicyclic amines) is 1. The summed E-state index contributed by atoms with van der Waals surface area (Å²) < 4.78 is 0. The van der Waals surface area contributed by atoms with Gasteiger partial charge < -0.3 is 9.69 Å². The van der Waals surface area contributed by atoms with Crippen LogP contribution in [0.25, 0.3) is 0 Å². The van der Waals surface area contributed by atoms with Crippen molar-refractivity contribution >= 4 is 12.2 Å². The van der Waals surface area contributed by atoms with Gasteiger partial charge in [-0.1, -0.05) is 30.3 Å². The van der Waals surface area contributed by atoms with Crippen molar-refractivity contribution in [1.82, 2.24) is 4.90 Å². The van der Waals surface area contributed by atoms with Crippen molar-refractivity contribution in [1.29, 1.82) is 0 Å². The van der Waals surface area contributed by atoms with Crippen LogP contribution in [0, 0.1) is 5.92 Å². The van der Waals surface area contributed by atoms with Gasteiger partial charge in [0.2, 0.25) is 5.91 Å². The van der Waals surface area contributed by atoms with Gasteiger partial charge in [0, 0.05) is 13.1 Å². The van der Waals surface area contributed by atoms with Crippen LogP contribution in [0.4, 0.5) is 0 Å². The zero-order chi connectivity index (χ0) is 10.7. The van der Waals surface area contributed by atoms with Gasteiger partial charge in [-0.25, -0.2) is 0 Å². The summed E-state index contributed by atoms with van der Waals surface area (Å²) in [5, 5.41) is 0. The van der Waals surface area contributed by atoms with E-state index >= 15 is 0 Å². The Kier molecular flexibility index (Phi) is 2.81. The normalized spacial score (nSPS) is 20.7. The Hall–Kier alpha value is -1.64. The van der Waals surface area contributed by atoms with Gasteiger partial charge in [-0.05, 0) is 12.0 Å². The van der Waals surface area contributed by atoms with Gasteiger partial charge in [0.05, 0.1) is 5.92 Å². The lowest BCUT2D eigenvalue weighted by Gasteiger charge is -2.15. The zero-order valence-electron chi connectivity index (χ0n) is 8.43. The molecule has 1 amide bonds. The van der Waals surface area contributed by atoms with Crippen molar-refractivity contribution in [2.24, 2.45) is 5.92 Å². The van der Waals surface area contributed by atoms with Crippen LogP contribution in [0.15, 0.2) is 30.3 Å². The maximum absolute atomic E-state index is 11.6. The van der Waals surface area contributed by atoms with E-state index in [1.807, 2.05) is 30.3 Å². The van der Waals surface area contributed by atoms with Crippen LogP contribution in [0.5, 0.6) is 0 Å². The molecule has 0 unspecified atom stereocenters. The molecule has 1 heterocycles. The molecule has 0 spiro atoms. The lowest BCUT2D eigenvalue weighted by Crippen LogP contribution is -2.27. The van der Waals surface area contributed by atoms with E-state index in [-0.39, 0.29) is 5.91 Å². The van der Waals surface area contributed by atoms with Gasteiger partial charge in [0.15, 0.2) is 0 Å². The minimum Gasteiger partial charge on any atom is -0.338 e. The summed E-state index contributed by atoms with van der Waals surface area (Å²) in [5.74, 6) is -0.442. The topological polar surface area (TPSA) is 37.4 Å². The van der Waals surface area contributed by atoms with Crippen LogP contribution in [0.2, 0.25) is 0 Å². The summed E-state index contributed by atoms with van der Waals surface area (Å²) in [6.07, 6.45) is 1.42. The second-order valence-electron chi connectivity index (χ2n) is 3.78. The van der Waals surface area contributed by atoms with Gasteiger partial charge in [-0.15, -0.1) is 0 Å². The summed E-state index contributed by atoms with van der Waals surface area (Å²) in [6, 6.07) is 9.83. The van der Waals surface area contributed by atoms with Crippen molar-refractivity contribution in [2.75, 3.05) is 6.54 Å². The molecule has 0 N–H and O–H groups in total. The Balaban J connectivity index is 2.03. The molecule has 0 aliphatic carbocycles. The molecule has 0 saturated carbocycles. The number of benzene rings is 1. The maximum atomic E-state index is 11.6. The van der Waals surface area contributed by atoms with Crippen LogP contribution in [0.1, 0.15) is 12.0 Å². The average molecular weight is 203 g/mol. The lowest BCUT2D eigenvalue weighted by atomic mass is 10.1. The summed E-state index contributed by atoms with van der Waals surface area (Å²) in [7, 11) is 0. The van der Waals surface area contributed by atoms with E-state index in [0.29, 0.717) is 19.5 Å². The number of hydrogen-bond donors (Lipinski definition) is 0. The highest BCUT2D eigenvalue weighted by Gasteiger charge is 2.30. The highest BCUT2D eigenvalue weighted by Crippen LogP contribution is 2.18. The van der Waals surface area contributed by atoms with E-state index in [9.17, 15) is 9.59 Å². The Morgan fingerprint density at radius 3 is 2.67 bits per heavy atom. The summed E-state index contributed by atoms with van der Waals surface area (Å²) in [6.45, 7) is 1.31. The molecule has 1 fully saturated rings. The first-order chi connectivity index (χ1) is 7.31. The zero-order valence-corrected chi connectivity index (χ0v) is 8.43. The van der Waals surface area contributed by atoms with E-state index in [1.165, 1.54) is 0 Å². The third-order valence-electron chi connectivity index (χ3n) is 2.72. The van der Waals surface area contributed by atoms with Crippen LogP contribution in [-0.2, 0) is 16.1 Å². The molecule has 0 bridgehead atoms. The van der Waals surface area contributed by atoms with Crippen LogP contribution < -0.4 is 0 Å². The molecule has 1 aliphatic heterocycles. The number of nitrogens with zero attached hydrogens (tertiary/aromatic N) is 1. The maximum Gasteiger partial charge on any atom is 0.233 e. The van der Waals surface area contributed by atoms with E-state index < -0.39 is 5.92 Å². The fourth-order valence-electron chi connectivity index (χ4n) is 1.85. The van der Waals surface area contributed by atoms with Crippen molar-refractivity contribution in [3.8, 4) is 0 Å². The number of carbonyl (C=O) groups excluding carboxylic acids is 2. The quantitative estimate of drug-likeness (QED) is 0.547. The van der Waals surface area contributed by atoms with Gasteiger partial charge in [0.1, 0.15) is 6.29 Å². The predicted molar refractivity (Wildman–Crippen MR) is 56.0 cm³/mol. The minimum atomic E-state index is -0.409. The molecular formula is C12H13NO2. The summed E-state index contributed by atoms with van der Waals surface area (Å²) >= 11 is 0. The SMILES string of the molecule is O=C[C@H]1CCN(Cc2ccccc2)C1=O. The van der Waals surface area contributed by atoms with Gasteiger partial charge in [-0.3, -0.25) is 4.79 Å². The first-order valence-electron chi connectivity index (χ1n) is 5.09. The molecule has 3 nitrogen and oxygen atoms in total. The fourth-order valence-corrected chi connectivity index (χ4v) is 1.85. The second-order valence-corrected chi connectivity index (χ2v) is 3.78. The van der Waals surface area contributed by atoms with Crippen LogP contribution >= 0.6 is 0 Å². The third-order valence-corrected chi connectivity index (χ3v) is 2.72. The molecular weight excluding hydrogens is 190 g/mol. The van der Waals surface area contributed by atoms with E-state index in [4.69, 9.17) is 0 Å². The molecule has 1 atom stereocenters. The number of rotatable bonds is 3. The summed E-state index contributed by atoms with van der Waals surface area (Å²) in [5.41, 5.74) is 1.11. The molecule has 15 heavy (non-hydrogen) atoms. The van der Waals surface area contributed by atoms with Crippen molar-refractivity contribution in [3.63, 3.8) is 0 Å². The van der Waals surface area contributed by atoms with Gasteiger partial charge in [0.25, 0.3) is 0 Å². The Bertz CT molecular complexity index is 361. The Labute approximate surface area is 88.7 Å². The molecule has 1 saturated heterocycles. The predicted octanol–water partition coefficient (Wildman–Crippen LogP) is 1.23. The first-order valence-corrected chi connectivity index (χ1v) is 5.09. The fraction of sp³-hybridized carbons (Fsp3) is 0.333. The number of amides is 1. The molecule has 0 aromatic heterocycles. The van der Waals surface area contributed by atoms with Gasteiger partial charge in [-0.2, -0.15) is 0 Å². The first kappa shape index (κ1) is 9.90. The highest BCUT2D eigenvalue weighted by atomic mass is 16.2. The number of carbonyl (C=O) groups is 2. The number of hydrogen-bond acceptors (Lipinski definition) is 2. The van der Waals surface area contributed by atoms with E-state index in [1.54, 1.807) is 4.90 Å². The largest absolute Gasteiger partial charge is 0.338 e. The average Bonchev–Trinajstić information content (AvgIpc) is 2.62. The Morgan fingerprint density at radius 2 is 2.07 bits per heavy atom. The Morgan fingerprint density at radius 1 is 1.33 bits per heavy atom. The monoisotopic (exact) mass is 203 g/mol. The smallest absolute Gasteiger partial charge is 0.233 e. The standard InChI is InChI=1S/C12H13NO2/c14-9-11-6-7-13(12(11)15)8-10-4-2-1-3-5-10/h1-5,9,11H,6-8H2/t11-/m1/s1. The minimum absolute atomic E-state index is 0.0335. The molecule has 2 rings (SSSR count). The van der Waals surface area contributed by atoms with E-state index in [2.05, 4.69) is 0 Å². The van der Waals surface area contributed by atoms with Crippen molar-refractivity contribution in [3.05, 3.63) is 35.9 Å². The molecule has 1 aromatic carbocycles. The third kappa shape index (κ3) is 2.06. The van der Waals surface area contributed by atoms with Crippen LogP contribution in [-0.4, -0.2) is 23.6 Å². The highest BCUT2D eigenvalue weighted by molar-refractivity contribution is 5.93. The van der Waals surface area contributed by atoms with Gasteiger partial charge >= 0.3 is 0 Å².